The van der Waals surface area contributed by atoms with E-state index in [4.69, 9.17) is 30.4 Å². The summed E-state index contributed by atoms with van der Waals surface area (Å²) in [7, 11) is -3.54. The van der Waals surface area contributed by atoms with Gasteiger partial charge in [0.15, 0.2) is 0 Å². The van der Waals surface area contributed by atoms with Crippen LogP contribution in [-0.4, -0.2) is 74.4 Å². The molecule has 0 saturated carbocycles. The third-order valence-corrected chi connectivity index (χ3v) is 4.58. The Morgan fingerprint density at radius 2 is 1.23 bits per heavy atom. The van der Waals surface area contributed by atoms with Crippen molar-refractivity contribution in [3.8, 4) is 0 Å². The first-order chi connectivity index (χ1) is 12.6. The molecule has 0 fully saturated rings. The number of anilines is 1. The maximum Gasteiger partial charge on any atom is 0.240 e. The number of nitrogens with two attached hydrogens (primary N) is 2. The summed E-state index contributed by atoms with van der Waals surface area (Å²) in [5.74, 6) is 0. The van der Waals surface area contributed by atoms with Crippen molar-refractivity contribution in [1.29, 1.82) is 0 Å². The van der Waals surface area contributed by atoms with E-state index < -0.39 is 10.0 Å². The first kappa shape index (κ1) is 22.8. The average Bonchev–Trinajstić information content (AvgIpc) is 2.62. The van der Waals surface area contributed by atoms with Gasteiger partial charge in [0.05, 0.1) is 57.8 Å². The van der Waals surface area contributed by atoms with Crippen molar-refractivity contribution in [2.75, 3.05) is 71.7 Å². The third kappa shape index (κ3) is 10.7. The molecule has 0 aliphatic carbocycles. The Balaban J connectivity index is 1.94. The molecular weight excluding hydrogens is 362 g/mol. The van der Waals surface area contributed by atoms with Crippen molar-refractivity contribution < 1.29 is 27.4 Å². The zero-order valence-corrected chi connectivity index (χ0v) is 15.7. The van der Waals surface area contributed by atoms with Gasteiger partial charge in [-0.25, -0.2) is 13.1 Å². The molecule has 0 heterocycles. The molecule has 0 saturated heterocycles. The highest BCUT2D eigenvalue weighted by Crippen LogP contribution is 2.10. The lowest BCUT2D eigenvalue weighted by atomic mass is 10.3. The van der Waals surface area contributed by atoms with Gasteiger partial charge in [-0.15, -0.1) is 0 Å². The molecule has 1 aromatic carbocycles. The normalized spacial score (nSPS) is 11.7. The fraction of sp³-hybridized carbons (Fsp3) is 0.625. The lowest BCUT2D eigenvalue weighted by Gasteiger charge is -2.09. The fourth-order valence-corrected chi connectivity index (χ4v) is 2.84. The molecule has 0 unspecified atom stereocenters. The highest BCUT2D eigenvalue weighted by Gasteiger charge is 2.12. The van der Waals surface area contributed by atoms with Crippen LogP contribution in [0.15, 0.2) is 29.2 Å². The molecule has 0 bridgehead atoms. The van der Waals surface area contributed by atoms with Gasteiger partial charge in [-0.2, -0.15) is 0 Å². The largest absolute Gasteiger partial charge is 0.399 e. The topological polar surface area (TPSA) is 135 Å². The van der Waals surface area contributed by atoms with E-state index >= 15 is 0 Å². The third-order valence-electron chi connectivity index (χ3n) is 3.11. The molecule has 26 heavy (non-hydrogen) atoms. The zero-order chi connectivity index (χ0) is 19.1. The molecule has 10 heteroatoms. The smallest absolute Gasteiger partial charge is 0.240 e. The van der Waals surface area contributed by atoms with E-state index in [9.17, 15) is 8.42 Å². The Morgan fingerprint density at radius 1 is 0.769 bits per heavy atom. The van der Waals surface area contributed by atoms with Gasteiger partial charge in [0.25, 0.3) is 0 Å². The van der Waals surface area contributed by atoms with Gasteiger partial charge < -0.3 is 30.4 Å². The highest BCUT2D eigenvalue weighted by atomic mass is 32.2. The van der Waals surface area contributed by atoms with Crippen molar-refractivity contribution in [2.24, 2.45) is 5.73 Å². The zero-order valence-electron chi connectivity index (χ0n) is 14.9. The second kappa shape index (κ2) is 13.9. The molecule has 0 aliphatic heterocycles. The Morgan fingerprint density at radius 3 is 1.73 bits per heavy atom. The van der Waals surface area contributed by atoms with Crippen molar-refractivity contribution in [3.05, 3.63) is 24.3 Å². The van der Waals surface area contributed by atoms with Crippen LogP contribution in [0.2, 0.25) is 0 Å². The van der Waals surface area contributed by atoms with E-state index in [2.05, 4.69) is 4.72 Å². The Kier molecular flexibility index (Phi) is 12.1. The first-order valence-electron chi connectivity index (χ1n) is 8.42. The predicted octanol–water partition coefficient (Wildman–Crippen LogP) is -0.428. The number of ether oxygens (including phenoxy) is 4. The van der Waals surface area contributed by atoms with Crippen molar-refractivity contribution >= 4 is 15.7 Å². The molecule has 1 aromatic rings. The standard InChI is InChI=1S/C16H29N3O6S/c17-5-7-22-9-11-24-13-14-25-12-10-23-8-6-19-26(20,21)16-3-1-15(18)2-4-16/h1-4,19H,5-14,17-18H2. The lowest BCUT2D eigenvalue weighted by molar-refractivity contribution is -0.000345. The van der Waals surface area contributed by atoms with Gasteiger partial charge in [-0.1, -0.05) is 0 Å². The summed E-state index contributed by atoms with van der Waals surface area (Å²) in [6.07, 6.45) is 0. The molecule has 0 atom stereocenters. The van der Waals surface area contributed by atoms with E-state index in [1.54, 1.807) is 12.1 Å². The minimum Gasteiger partial charge on any atom is -0.399 e. The summed E-state index contributed by atoms with van der Waals surface area (Å²) in [6.45, 7) is 4.24. The van der Waals surface area contributed by atoms with Crippen LogP contribution in [0.5, 0.6) is 0 Å². The lowest BCUT2D eigenvalue weighted by Crippen LogP contribution is -2.27. The monoisotopic (exact) mass is 391 g/mol. The second-order valence-electron chi connectivity index (χ2n) is 5.20. The number of rotatable bonds is 16. The fourth-order valence-electron chi connectivity index (χ4n) is 1.82. The quantitative estimate of drug-likeness (QED) is 0.255. The van der Waals surface area contributed by atoms with Crippen LogP contribution in [-0.2, 0) is 29.0 Å². The molecule has 150 valence electrons. The molecule has 0 spiro atoms. The number of sulfonamides is 1. The molecule has 9 nitrogen and oxygen atoms in total. The van der Waals surface area contributed by atoms with Crippen LogP contribution in [0.1, 0.15) is 0 Å². The Labute approximate surface area is 155 Å². The Bertz CT molecular complexity index is 568. The summed E-state index contributed by atoms with van der Waals surface area (Å²) in [5.41, 5.74) is 11.3. The summed E-state index contributed by atoms with van der Waals surface area (Å²) in [5, 5.41) is 0. The molecule has 0 radical (unpaired) electrons. The van der Waals surface area contributed by atoms with Gasteiger partial charge in [-0.3, -0.25) is 0 Å². The van der Waals surface area contributed by atoms with E-state index in [0.29, 0.717) is 58.5 Å². The predicted molar refractivity (Wildman–Crippen MR) is 98.4 cm³/mol. The molecule has 0 amide bonds. The summed E-state index contributed by atoms with van der Waals surface area (Å²) < 4.78 is 47.6. The van der Waals surface area contributed by atoms with E-state index in [-0.39, 0.29) is 18.0 Å². The molecule has 5 N–H and O–H groups in total. The van der Waals surface area contributed by atoms with E-state index in [0.717, 1.165) is 0 Å². The summed E-state index contributed by atoms with van der Waals surface area (Å²) in [4.78, 5) is 0.170. The summed E-state index contributed by atoms with van der Waals surface area (Å²) >= 11 is 0. The molecule has 0 aliphatic rings. The van der Waals surface area contributed by atoms with Crippen LogP contribution in [0, 0.1) is 0 Å². The van der Waals surface area contributed by atoms with Crippen molar-refractivity contribution in [2.45, 2.75) is 4.90 Å². The van der Waals surface area contributed by atoms with Gasteiger partial charge in [0.2, 0.25) is 10.0 Å². The number of hydrogen-bond acceptors (Lipinski definition) is 8. The maximum atomic E-state index is 12.0. The minimum absolute atomic E-state index is 0.170. The second-order valence-corrected chi connectivity index (χ2v) is 6.97. The Hall–Kier alpha value is -1.27. The number of hydrogen-bond donors (Lipinski definition) is 3. The number of nitrogen functional groups attached to an aromatic ring is 1. The molecule has 0 aromatic heterocycles. The van der Waals surface area contributed by atoms with Gasteiger partial charge >= 0.3 is 0 Å². The SMILES string of the molecule is NCCOCCOCCOCCOCCNS(=O)(=O)c1ccc(N)cc1. The maximum absolute atomic E-state index is 12.0. The van der Waals surface area contributed by atoms with Gasteiger partial charge in [0.1, 0.15) is 0 Å². The number of nitrogens with one attached hydrogen (secondary N) is 1. The van der Waals surface area contributed by atoms with Gasteiger partial charge in [-0.05, 0) is 24.3 Å². The minimum atomic E-state index is -3.54. The van der Waals surface area contributed by atoms with Crippen LogP contribution in [0.3, 0.4) is 0 Å². The molecule has 1 rings (SSSR count). The van der Waals surface area contributed by atoms with Crippen LogP contribution in [0.4, 0.5) is 5.69 Å². The van der Waals surface area contributed by atoms with Crippen LogP contribution >= 0.6 is 0 Å². The van der Waals surface area contributed by atoms with Crippen molar-refractivity contribution in [3.63, 3.8) is 0 Å². The van der Waals surface area contributed by atoms with Crippen LogP contribution in [0.25, 0.3) is 0 Å². The van der Waals surface area contributed by atoms with E-state index in [1.165, 1.54) is 12.1 Å². The first-order valence-corrected chi connectivity index (χ1v) is 9.91. The van der Waals surface area contributed by atoms with Crippen LogP contribution < -0.4 is 16.2 Å². The van der Waals surface area contributed by atoms with Crippen molar-refractivity contribution in [1.82, 2.24) is 4.72 Å². The number of benzene rings is 1. The van der Waals surface area contributed by atoms with Gasteiger partial charge in [0, 0.05) is 18.8 Å². The average molecular weight is 391 g/mol. The highest BCUT2D eigenvalue weighted by molar-refractivity contribution is 7.89. The molecular formula is C16H29N3O6S. The summed E-state index contributed by atoms with van der Waals surface area (Å²) in [6, 6.07) is 6.00. The van der Waals surface area contributed by atoms with E-state index in [1.807, 2.05) is 0 Å².